The number of ether oxygens (including phenoxy) is 2. The summed E-state index contributed by atoms with van der Waals surface area (Å²) in [5.41, 5.74) is 1.27. The summed E-state index contributed by atoms with van der Waals surface area (Å²) in [6, 6.07) is 1.70. The molecule has 8 heteroatoms. The molecular weight excluding hydrogens is 344 g/mol. The van der Waals surface area contributed by atoms with E-state index in [9.17, 15) is 4.79 Å². The number of nitrogens with zero attached hydrogens (tertiary/aromatic N) is 4. The van der Waals surface area contributed by atoms with E-state index in [1.165, 1.54) is 0 Å². The molecule has 0 saturated heterocycles. The first-order valence-electron chi connectivity index (χ1n) is 8.19. The van der Waals surface area contributed by atoms with Gasteiger partial charge >= 0.3 is 6.09 Å². The second kappa shape index (κ2) is 6.14. The lowest BCUT2D eigenvalue weighted by Gasteiger charge is -2.40. The number of amides is 1. The van der Waals surface area contributed by atoms with Crippen molar-refractivity contribution >= 4 is 29.0 Å². The molecule has 0 fully saturated rings. The number of carbonyl (C=O) groups excluding carboxylic acids is 1. The Morgan fingerprint density at radius 1 is 1.44 bits per heavy atom. The van der Waals surface area contributed by atoms with Gasteiger partial charge in [0.15, 0.2) is 10.8 Å². The molecule has 136 valence electrons. The molecular formula is C17H23ClN4O3. The Labute approximate surface area is 151 Å². The zero-order valence-corrected chi connectivity index (χ0v) is 15.9. The summed E-state index contributed by atoms with van der Waals surface area (Å²) in [7, 11) is 1.67. The maximum Gasteiger partial charge on any atom is 0.414 e. The maximum atomic E-state index is 12.7. The molecule has 0 aromatic carbocycles. The molecule has 0 N–H and O–H groups in total. The molecule has 25 heavy (non-hydrogen) atoms. The van der Waals surface area contributed by atoms with Crippen molar-refractivity contribution in [3.8, 4) is 0 Å². The minimum Gasteiger partial charge on any atom is -0.443 e. The van der Waals surface area contributed by atoms with Crippen LogP contribution in [-0.4, -0.2) is 46.6 Å². The van der Waals surface area contributed by atoms with Gasteiger partial charge in [-0.2, -0.15) is 5.10 Å². The number of carbonyl (C=O) groups is 1. The van der Waals surface area contributed by atoms with Crippen molar-refractivity contribution in [3.63, 3.8) is 0 Å². The maximum absolute atomic E-state index is 12.7. The largest absolute Gasteiger partial charge is 0.443 e. The van der Waals surface area contributed by atoms with E-state index in [2.05, 4.69) is 17.0 Å². The third kappa shape index (κ3) is 3.30. The average molecular weight is 367 g/mol. The number of anilines is 1. The van der Waals surface area contributed by atoms with Gasteiger partial charge in [-0.25, -0.2) is 14.3 Å². The van der Waals surface area contributed by atoms with Gasteiger partial charge in [-0.05, 0) is 27.2 Å². The normalized spacial score (nSPS) is 20.6. The van der Waals surface area contributed by atoms with Gasteiger partial charge in [-0.15, -0.1) is 0 Å². The highest BCUT2D eigenvalue weighted by molar-refractivity contribution is 6.29. The number of rotatable bonds is 2. The van der Waals surface area contributed by atoms with Gasteiger partial charge in [0.1, 0.15) is 5.60 Å². The summed E-state index contributed by atoms with van der Waals surface area (Å²) < 4.78 is 12.7. The summed E-state index contributed by atoms with van der Waals surface area (Å²) in [4.78, 5) is 18.7. The minimum atomic E-state index is -0.572. The number of halogens is 1. The van der Waals surface area contributed by atoms with Crippen molar-refractivity contribution in [1.29, 1.82) is 0 Å². The van der Waals surface area contributed by atoms with Gasteiger partial charge in [-0.3, -0.25) is 4.90 Å². The number of hydrogen-bond acceptors (Lipinski definition) is 5. The van der Waals surface area contributed by atoms with Gasteiger partial charge in [0.2, 0.25) is 0 Å². The van der Waals surface area contributed by atoms with E-state index < -0.39 is 11.7 Å². The second-order valence-corrected chi connectivity index (χ2v) is 7.99. The quantitative estimate of drug-likeness (QED) is 0.814. The highest BCUT2D eigenvalue weighted by Crippen LogP contribution is 2.40. The Kier molecular flexibility index (Phi) is 4.41. The molecule has 2 aromatic heterocycles. The topological polar surface area (TPSA) is 69.0 Å². The van der Waals surface area contributed by atoms with E-state index in [4.69, 9.17) is 21.1 Å². The van der Waals surface area contributed by atoms with E-state index in [0.717, 1.165) is 5.69 Å². The molecule has 2 aromatic rings. The van der Waals surface area contributed by atoms with Gasteiger partial charge < -0.3 is 9.47 Å². The molecule has 0 radical (unpaired) electrons. The van der Waals surface area contributed by atoms with Crippen molar-refractivity contribution in [2.45, 2.75) is 45.1 Å². The molecule has 1 amide bonds. The van der Waals surface area contributed by atoms with E-state index in [0.29, 0.717) is 36.1 Å². The van der Waals surface area contributed by atoms with Crippen molar-refractivity contribution in [2.24, 2.45) is 0 Å². The zero-order valence-electron chi connectivity index (χ0n) is 15.2. The molecule has 1 unspecified atom stereocenters. The Morgan fingerprint density at radius 3 is 2.80 bits per heavy atom. The first-order chi connectivity index (χ1) is 11.6. The van der Waals surface area contributed by atoms with Crippen LogP contribution in [0.2, 0.25) is 5.15 Å². The standard InChI is InChI=1S/C17H23ClN4O3/c1-16(2,3)25-15(23)21-7-6-17(4,10-24-5)14-11(21)9-19-13-8-12(18)20-22(13)14/h8-9H,6-7,10H2,1-5H3. The van der Waals surface area contributed by atoms with Crippen LogP contribution in [-0.2, 0) is 14.9 Å². The number of fused-ring (bicyclic) bond motifs is 3. The summed E-state index contributed by atoms with van der Waals surface area (Å²) in [6.45, 7) is 8.65. The Morgan fingerprint density at radius 2 is 2.16 bits per heavy atom. The highest BCUT2D eigenvalue weighted by atomic mass is 35.5. The van der Waals surface area contributed by atoms with Gasteiger partial charge in [0, 0.05) is 25.1 Å². The zero-order chi connectivity index (χ0) is 18.4. The fourth-order valence-corrected chi connectivity index (χ4v) is 3.40. The third-order valence-electron chi connectivity index (χ3n) is 4.26. The molecule has 1 aliphatic rings. The fraction of sp³-hybridized carbons (Fsp3) is 0.588. The van der Waals surface area contributed by atoms with E-state index in [1.54, 1.807) is 28.8 Å². The summed E-state index contributed by atoms with van der Waals surface area (Å²) in [5, 5.41) is 4.71. The molecule has 1 atom stereocenters. The van der Waals surface area contributed by atoms with Gasteiger partial charge in [-0.1, -0.05) is 18.5 Å². The Hall–Kier alpha value is -1.86. The van der Waals surface area contributed by atoms with E-state index in [-0.39, 0.29) is 5.41 Å². The molecule has 3 rings (SSSR count). The van der Waals surface area contributed by atoms with Crippen LogP contribution in [0, 0.1) is 0 Å². The molecule has 0 saturated carbocycles. The third-order valence-corrected chi connectivity index (χ3v) is 4.45. The monoisotopic (exact) mass is 366 g/mol. The SMILES string of the molecule is COCC1(C)CCN(C(=O)OC(C)(C)C)c2cnc3cc(Cl)nn3c21. The van der Waals surface area contributed by atoms with E-state index >= 15 is 0 Å². The summed E-state index contributed by atoms with van der Waals surface area (Å²) in [5.74, 6) is 0. The lowest BCUT2D eigenvalue weighted by Crippen LogP contribution is -2.47. The first kappa shape index (κ1) is 17.9. The number of aromatic nitrogens is 3. The Bertz CT molecular complexity index is 814. The highest BCUT2D eigenvalue weighted by Gasteiger charge is 2.41. The van der Waals surface area contributed by atoms with Crippen molar-refractivity contribution < 1.29 is 14.3 Å². The number of methoxy groups -OCH3 is 1. The molecule has 0 spiro atoms. The lowest BCUT2D eigenvalue weighted by molar-refractivity contribution is 0.0563. The van der Waals surface area contributed by atoms with Crippen LogP contribution in [0.4, 0.5) is 10.5 Å². The first-order valence-corrected chi connectivity index (χ1v) is 8.57. The van der Waals surface area contributed by atoms with Crippen LogP contribution in [0.25, 0.3) is 5.65 Å². The Balaban J connectivity index is 2.14. The molecule has 0 bridgehead atoms. The molecule has 1 aliphatic heterocycles. The molecule has 7 nitrogen and oxygen atoms in total. The predicted molar refractivity (Wildman–Crippen MR) is 95.4 cm³/mol. The molecule has 3 heterocycles. The lowest BCUT2D eigenvalue weighted by atomic mass is 9.80. The minimum absolute atomic E-state index is 0.320. The van der Waals surface area contributed by atoms with Crippen molar-refractivity contribution in [2.75, 3.05) is 25.2 Å². The summed E-state index contributed by atoms with van der Waals surface area (Å²) >= 11 is 6.07. The van der Waals surface area contributed by atoms with Crippen LogP contribution in [0.3, 0.4) is 0 Å². The van der Waals surface area contributed by atoms with Crippen molar-refractivity contribution in [1.82, 2.24) is 14.6 Å². The van der Waals surface area contributed by atoms with Crippen LogP contribution < -0.4 is 4.90 Å². The van der Waals surface area contributed by atoms with Gasteiger partial charge in [0.25, 0.3) is 0 Å². The number of hydrogen-bond donors (Lipinski definition) is 0. The summed E-state index contributed by atoms with van der Waals surface area (Å²) in [6.07, 6.45) is 2.00. The smallest absolute Gasteiger partial charge is 0.414 e. The van der Waals surface area contributed by atoms with Crippen LogP contribution in [0.1, 0.15) is 39.8 Å². The fourth-order valence-electron chi connectivity index (χ4n) is 3.22. The van der Waals surface area contributed by atoms with E-state index in [1.807, 2.05) is 20.8 Å². The van der Waals surface area contributed by atoms with Crippen molar-refractivity contribution in [3.05, 3.63) is 23.1 Å². The average Bonchev–Trinajstić information content (AvgIpc) is 2.85. The second-order valence-electron chi connectivity index (χ2n) is 7.60. The van der Waals surface area contributed by atoms with Crippen LogP contribution in [0.5, 0.6) is 0 Å². The van der Waals surface area contributed by atoms with Crippen LogP contribution >= 0.6 is 11.6 Å². The van der Waals surface area contributed by atoms with Crippen LogP contribution in [0.15, 0.2) is 12.3 Å². The molecule has 0 aliphatic carbocycles. The predicted octanol–water partition coefficient (Wildman–Crippen LogP) is 3.43. The van der Waals surface area contributed by atoms with Gasteiger partial charge in [0.05, 0.1) is 24.2 Å².